The second-order valence-electron chi connectivity index (χ2n) is 6.31. The molecule has 3 N–H and O–H groups in total. The molecule has 1 unspecified atom stereocenters. The Labute approximate surface area is 146 Å². The first-order valence-electron chi connectivity index (χ1n) is 9.06. The van der Waals surface area contributed by atoms with E-state index in [1.54, 1.807) is 0 Å². The largest absolute Gasteiger partial charge is 0.396 e. The zero-order valence-corrected chi connectivity index (χ0v) is 15.9. The van der Waals surface area contributed by atoms with Gasteiger partial charge in [0.2, 0.25) is 0 Å². The number of aliphatic hydroxyl groups excluding tert-OH is 1. The van der Waals surface area contributed by atoms with Crippen LogP contribution in [0, 0.1) is 5.92 Å². The Balaban J connectivity index is 2.37. The molecular weight excluding hydrogens is 328 g/mol. The van der Waals surface area contributed by atoms with Gasteiger partial charge in [-0.05, 0) is 25.7 Å². The van der Waals surface area contributed by atoms with Gasteiger partial charge in [0, 0.05) is 45.9 Å². The van der Waals surface area contributed by atoms with Crippen molar-refractivity contribution in [1.82, 2.24) is 15.5 Å². The van der Waals surface area contributed by atoms with Crippen LogP contribution in [0.15, 0.2) is 4.99 Å². The molecule has 1 atom stereocenters. The van der Waals surface area contributed by atoms with E-state index in [0.717, 1.165) is 44.9 Å². The Morgan fingerprint density at radius 2 is 1.92 bits per heavy atom. The van der Waals surface area contributed by atoms with Crippen molar-refractivity contribution in [3.05, 3.63) is 0 Å². The number of hydrogen-bond donors (Lipinski definition) is 3. The third-order valence-electron chi connectivity index (χ3n) is 4.24. The standard InChI is InChI=1S/C16H34N4O3S/c1-3-5-15(6-11-21)14-19-16(17-4-2)18-7-8-20-9-12-24(22,23)13-10-20/h15,21H,3-14H2,1-2H3,(H2,17,18,19). The average molecular weight is 363 g/mol. The maximum absolute atomic E-state index is 11.4. The van der Waals surface area contributed by atoms with Crippen LogP contribution in [0.25, 0.3) is 0 Å². The van der Waals surface area contributed by atoms with E-state index in [-0.39, 0.29) is 18.1 Å². The third-order valence-corrected chi connectivity index (χ3v) is 5.85. The van der Waals surface area contributed by atoms with Gasteiger partial charge >= 0.3 is 0 Å². The monoisotopic (exact) mass is 362 g/mol. The minimum atomic E-state index is -2.81. The lowest BCUT2D eigenvalue weighted by molar-refractivity contribution is 0.253. The van der Waals surface area contributed by atoms with Crippen molar-refractivity contribution in [2.24, 2.45) is 10.9 Å². The van der Waals surface area contributed by atoms with E-state index >= 15 is 0 Å². The molecule has 0 saturated carbocycles. The van der Waals surface area contributed by atoms with Crippen molar-refractivity contribution in [2.45, 2.75) is 33.1 Å². The normalized spacial score (nSPS) is 19.9. The summed E-state index contributed by atoms with van der Waals surface area (Å²) in [6, 6.07) is 0. The molecule has 0 aromatic rings. The summed E-state index contributed by atoms with van der Waals surface area (Å²) in [4.78, 5) is 6.80. The fourth-order valence-corrected chi connectivity index (χ4v) is 4.06. The quantitative estimate of drug-likeness (QED) is 0.376. The van der Waals surface area contributed by atoms with Crippen molar-refractivity contribution in [2.75, 3.05) is 57.4 Å². The Morgan fingerprint density at radius 1 is 1.21 bits per heavy atom. The van der Waals surface area contributed by atoms with Gasteiger partial charge in [0.05, 0.1) is 11.5 Å². The summed E-state index contributed by atoms with van der Waals surface area (Å²) in [6.45, 7) is 8.69. The van der Waals surface area contributed by atoms with Gasteiger partial charge in [-0.2, -0.15) is 0 Å². The van der Waals surface area contributed by atoms with E-state index < -0.39 is 9.84 Å². The van der Waals surface area contributed by atoms with Gasteiger partial charge in [-0.3, -0.25) is 9.89 Å². The molecule has 1 saturated heterocycles. The molecule has 1 aliphatic rings. The maximum Gasteiger partial charge on any atom is 0.191 e. The molecule has 1 rings (SSSR count). The third kappa shape index (κ3) is 8.84. The van der Waals surface area contributed by atoms with Gasteiger partial charge in [0.1, 0.15) is 0 Å². The van der Waals surface area contributed by atoms with E-state index in [2.05, 4.69) is 27.4 Å². The molecule has 142 valence electrons. The number of guanidine groups is 1. The number of aliphatic imine (C=N–C) groups is 1. The van der Waals surface area contributed by atoms with Crippen LogP contribution >= 0.6 is 0 Å². The van der Waals surface area contributed by atoms with Gasteiger partial charge in [-0.1, -0.05) is 13.3 Å². The van der Waals surface area contributed by atoms with Crippen LogP contribution in [-0.2, 0) is 9.84 Å². The number of nitrogens with one attached hydrogen (secondary N) is 2. The molecule has 8 heteroatoms. The Hall–Kier alpha value is -0.860. The summed E-state index contributed by atoms with van der Waals surface area (Å²) < 4.78 is 22.9. The van der Waals surface area contributed by atoms with Crippen molar-refractivity contribution in [3.63, 3.8) is 0 Å². The fourth-order valence-electron chi connectivity index (χ4n) is 2.79. The number of nitrogens with zero attached hydrogens (tertiary/aromatic N) is 2. The molecule has 1 aliphatic heterocycles. The topological polar surface area (TPSA) is 94.0 Å². The highest BCUT2D eigenvalue weighted by molar-refractivity contribution is 7.91. The number of rotatable bonds is 10. The van der Waals surface area contributed by atoms with Crippen LogP contribution in [0.4, 0.5) is 0 Å². The van der Waals surface area contributed by atoms with Gasteiger partial charge in [-0.25, -0.2) is 8.42 Å². The van der Waals surface area contributed by atoms with Crippen molar-refractivity contribution in [3.8, 4) is 0 Å². The minimum Gasteiger partial charge on any atom is -0.396 e. The van der Waals surface area contributed by atoms with Crippen LogP contribution in [0.2, 0.25) is 0 Å². The van der Waals surface area contributed by atoms with Crippen LogP contribution in [0.5, 0.6) is 0 Å². The van der Waals surface area contributed by atoms with Gasteiger partial charge in [-0.15, -0.1) is 0 Å². The molecule has 0 radical (unpaired) electrons. The van der Waals surface area contributed by atoms with E-state index in [1.165, 1.54) is 0 Å². The molecular formula is C16H34N4O3S. The highest BCUT2D eigenvalue weighted by Gasteiger charge is 2.20. The summed E-state index contributed by atoms with van der Waals surface area (Å²) >= 11 is 0. The Morgan fingerprint density at radius 3 is 2.50 bits per heavy atom. The zero-order valence-electron chi connectivity index (χ0n) is 15.1. The molecule has 7 nitrogen and oxygen atoms in total. The fraction of sp³-hybridized carbons (Fsp3) is 0.938. The molecule has 0 spiro atoms. The molecule has 0 aromatic heterocycles. The lowest BCUT2D eigenvalue weighted by atomic mass is 10.0. The first kappa shape index (κ1) is 21.2. The first-order chi connectivity index (χ1) is 11.5. The lowest BCUT2D eigenvalue weighted by Gasteiger charge is -2.26. The Bertz CT molecular complexity index is 448. The number of hydrogen-bond acceptors (Lipinski definition) is 5. The first-order valence-corrected chi connectivity index (χ1v) is 10.9. The predicted octanol–water partition coefficient (Wildman–Crippen LogP) is 0.0706. The molecule has 1 fully saturated rings. The zero-order chi connectivity index (χ0) is 17.8. The van der Waals surface area contributed by atoms with Gasteiger partial charge < -0.3 is 15.7 Å². The molecule has 0 aliphatic carbocycles. The summed E-state index contributed by atoms with van der Waals surface area (Å²) in [7, 11) is -2.81. The second kappa shape index (κ2) is 11.7. The molecule has 24 heavy (non-hydrogen) atoms. The van der Waals surface area contributed by atoms with E-state index in [1.807, 2.05) is 6.92 Å². The van der Waals surface area contributed by atoms with E-state index in [9.17, 15) is 8.42 Å². The van der Waals surface area contributed by atoms with Crippen molar-refractivity contribution < 1.29 is 13.5 Å². The van der Waals surface area contributed by atoms with E-state index in [0.29, 0.717) is 25.6 Å². The minimum absolute atomic E-state index is 0.210. The average Bonchev–Trinajstić information content (AvgIpc) is 2.54. The van der Waals surface area contributed by atoms with Crippen LogP contribution in [0.3, 0.4) is 0 Å². The molecule has 1 heterocycles. The van der Waals surface area contributed by atoms with Crippen LogP contribution < -0.4 is 10.6 Å². The smallest absolute Gasteiger partial charge is 0.191 e. The Kier molecular flexibility index (Phi) is 10.3. The maximum atomic E-state index is 11.4. The van der Waals surface area contributed by atoms with Crippen molar-refractivity contribution in [1.29, 1.82) is 0 Å². The second-order valence-corrected chi connectivity index (χ2v) is 8.61. The van der Waals surface area contributed by atoms with Crippen molar-refractivity contribution >= 4 is 15.8 Å². The molecule has 0 bridgehead atoms. The SMILES string of the molecule is CCCC(CCO)CN=C(NCC)NCCN1CCS(=O)(=O)CC1. The lowest BCUT2D eigenvalue weighted by Crippen LogP contribution is -2.46. The summed E-state index contributed by atoms with van der Waals surface area (Å²) in [5.74, 6) is 1.74. The number of aliphatic hydroxyl groups is 1. The van der Waals surface area contributed by atoms with Gasteiger partial charge in [0.25, 0.3) is 0 Å². The summed E-state index contributed by atoms with van der Waals surface area (Å²) in [6.07, 6.45) is 2.97. The predicted molar refractivity (Wildman–Crippen MR) is 99.2 cm³/mol. The molecule has 0 amide bonds. The molecule has 0 aromatic carbocycles. The van der Waals surface area contributed by atoms with Gasteiger partial charge in [0.15, 0.2) is 15.8 Å². The summed E-state index contributed by atoms with van der Waals surface area (Å²) in [5, 5.41) is 15.7. The number of sulfone groups is 1. The van der Waals surface area contributed by atoms with Crippen LogP contribution in [0.1, 0.15) is 33.1 Å². The highest BCUT2D eigenvalue weighted by atomic mass is 32.2. The van der Waals surface area contributed by atoms with Crippen LogP contribution in [-0.4, -0.2) is 81.8 Å². The highest BCUT2D eigenvalue weighted by Crippen LogP contribution is 2.11. The van der Waals surface area contributed by atoms with E-state index in [4.69, 9.17) is 5.11 Å². The summed E-state index contributed by atoms with van der Waals surface area (Å²) in [5.41, 5.74) is 0.